The Balaban J connectivity index is 2.02. The van der Waals surface area contributed by atoms with Gasteiger partial charge in [-0.25, -0.2) is 4.79 Å². The average Bonchev–Trinajstić information content (AvgIpc) is 2.84. The van der Waals surface area contributed by atoms with Crippen molar-refractivity contribution in [2.75, 3.05) is 7.11 Å². The first-order valence-corrected chi connectivity index (χ1v) is 5.80. The smallest absolute Gasteiger partial charge is 0.341 e. The zero-order valence-corrected chi connectivity index (χ0v) is 10.0. The number of hydrogen-bond donors (Lipinski definition) is 0. The quantitative estimate of drug-likeness (QED) is 0.531. The van der Waals surface area contributed by atoms with Crippen LogP contribution in [0.3, 0.4) is 0 Å². The Kier molecular flexibility index (Phi) is 2.34. The number of carbonyl (C=O) groups excluding carboxylic acids is 1. The summed E-state index contributed by atoms with van der Waals surface area (Å²) in [4.78, 5) is 11.7. The molecule has 15 heavy (non-hydrogen) atoms. The molecule has 2 fully saturated rings. The number of esters is 1. The molecule has 1 atom stereocenters. The van der Waals surface area contributed by atoms with Crippen molar-refractivity contribution in [2.45, 2.75) is 51.2 Å². The monoisotopic (exact) mass is 212 g/mol. The Hall–Kier alpha value is -0.570. The van der Waals surface area contributed by atoms with Crippen molar-refractivity contribution in [3.63, 3.8) is 0 Å². The fourth-order valence-electron chi connectivity index (χ4n) is 2.91. The van der Waals surface area contributed by atoms with Gasteiger partial charge in [-0.05, 0) is 31.1 Å². The SMILES string of the molecule is CCC1(C(=O)OC)OC12CC(C(C)C)C2. The van der Waals surface area contributed by atoms with Crippen LogP contribution in [0.2, 0.25) is 0 Å². The van der Waals surface area contributed by atoms with E-state index in [-0.39, 0.29) is 11.6 Å². The number of carbonyl (C=O) groups is 1. The highest BCUT2D eigenvalue weighted by Gasteiger charge is 2.78. The first-order chi connectivity index (χ1) is 7.01. The van der Waals surface area contributed by atoms with Gasteiger partial charge in [0.2, 0.25) is 0 Å². The van der Waals surface area contributed by atoms with Gasteiger partial charge in [-0.3, -0.25) is 0 Å². The summed E-state index contributed by atoms with van der Waals surface area (Å²) in [6, 6.07) is 0. The topological polar surface area (TPSA) is 38.8 Å². The van der Waals surface area contributed by atoms with E-state index in [4.69, 9.17) is 9.47 Å². The highest BCUT2D eigenvalue weighted by Crippen LogP contribution is 2.65. The number of ether oxygens (including phenoxy) is 2. The number of epoxide rings is 1. The van der Waals surface area contributed by atoms with E-state index in [0.29, 0.717) is 11.8 Å². The normalized spacial score (nSPS) is 42.9. The maximum absolute atomic E-state index is 11.7. The third-order valence-corrected chi connectivity index (χ3v) is 4.20. The lowest BCUT2D eigenvalue weighted by Crippen LogP contribution is -2.45. The summed E-state index contributed by atoms with van der Waals surface area (Å²) in [7, 11) is 1.44. The molecule has 1 heterocycles. The van der Waals surface area contributed by atoms with Crippen molar-refractivity contribution in [2.24, 2.45) is 11.8 Å². The minimum Gasteiger partial charge on any atom is -0.467 e. The summed E-state index contributed by atoms with van der Waals surface area (Å²) >= 11 is 0. The molecule has 2 rings (SSSR count). The first kappa shape index (κ1) is 10.9. The Labute approximate surface area is 91.1 Å². The van der Waals surface area contributed by atoms with Crippen LogP contribution in [0.25, 0.3) is 0 Å². The molecule has 2 aliphatic rings. The molecule has 1 saturated carbocycles. The molecule has 1 unspecified atom stereocenters. The van der Waals surface area contributed by atoms with Gasteiger partial charge in [0, 0.05) is 0 Å². The number of methoxy groups -OCH3 is 1. The highest BCUT2D eigenvalue weighted by molar-refractivity contribution is 5.85. The maximum Gasteiger partial charge on any atom is 0.341 e. The van der Waals surface area contributed by atoms with Gasteiger partial charge in [0.25, 0.3) is 0 Å². The Morgan fingerprint density at radius 3 is 2.53 bits per heavy atom. The van der Waals surface area contributed by atoms with Crippen molar-refractivity contribution < 1.29 is 14.3 Å². The lowest BCUT2D eigenvalue weighted by molar-refractivity contribution is -0.147. The van der Waals surface area contributed by atoms with Gasteiger partial charge in [0.05, 0.1) is 7.11 Å². The van der Waals surface area contributed by atoms with E-state index in [9.17, 15) is 4.79 Å². The molecule has 0 aromatic carbocycles. The molecule has 0 amide bonds. The molecule has 1 aliphatic heterocycles. The van der Waals surface area contributed by atoms with Crippen LogP contribution in [0.15, 0.2) is 0 Å². The summed E-state index contributed by atoms with van der Waals surface area (Å²) in [5.41, 5.74) is -0.767. The van der Waals surface area contributed by atoms with Crippen LogP contribution in [-0.4, -0.2) is 24.3 Å². The van der Waals surface area contributed by atoms with Crippen molar-refractivity contribution in [3.05, 3.63) is 0 Å². The Morgan fingerprint density at radius 2 is 2.13 bits per heavy atom. The molecule has 3 nitrogen and oxygen atoms in total. The average molecular weight is 212 g/mol. The molecule has 0 bridgehead atoms. The Bertz CT molecular complexity index is 279. The lowest BCUT2D eigenvalue weighted by atomic mass is 9.64. The van der Waals surface area contributed by atoms with Crippen LogP contribution in [0.5, 0.6) is 0 Å². The second-order valence-electron chi connectivity index (χ2n) is 5.18. The second-order valence-corrected chi connectivity index (χ2v) is 5.18. The molecule has 3 heteroatoms. The van der Waals surface area contributed by atoms with Gasteiger partial charge in [-0.15, -0.1) is 0 Å². The molecule has 0 aromatic rings. The molecular weight excluding hydrogens is 192 g/mol. The van der Waals surface area contributed by atoms with E-state index < -0.39 is 5.60 Å². The van der Waals surface area contributed by atoms with Gasteiger partial charge in [0.15, 0.2) is 5.60 Å². The summed E-state index contributed by atoms with van der Waals surface area (Å²) in [6.07, 6.45) is 2.77. The van der Waals surface area contributed by atoms with E-state index in [1.54, 1.807) is 0 Å². The van der Waals surface area contributed by atoms with Crippen molar-refractivity contribution in [1.82, 2.24) is 0 Å². The fourth-order valence-corrected chi connectivity index (χ4v) is 2.91. The summed E-state index contributed by atoms with van der Waals surface area (Å²) in [5, 5.41) is 0. The van der Waals surface area contributed by atoms with Crippen LogP contribution in [0.4, 0.5) is 0 Å². The van der Waals surface area contributed by atoms with E-state index >= 15 is 0 Å². The number of hydrogen-bond acceptors (Lipinski definition) is 3. The summed E-state index contributed by atoms with van der Waals surface area (Å²) < 4.78 is 10.6. The predicted molar refractivity (Wildman–Crippen MR) is 56.4 cm³/mol. The second kappa shape index (κ2) is 3.21. The zero-order valence-electron chi connectivity index (χ0n) is 10.0. The van der Waals surface area contributed by atoms with E-state index in [2.05, 4.69) is 13.8 Å². The minimum atomic E-state index is -0.604. The Morgan fingerprint density at radius 1 is 1.53 bits per heavy atom. The maximum atomic E-state index is 11.7. The molecular formula is C12H20O3. The zero-order chi connectivity index (χ0) is 11.3. The van der Waals surface area contributed by atoms with Gasteiger partial charge in [0.1, 0.15) is 5.60 Å². The summed E-state index contributed by atoms with van der Waals surface area (Å²) in [6.45, 7) is 6.45. The van der Waals surface area contributed by atoms with Gasteiger partial charge in [-0.1, -0.05) is 20.8 Å². The molecule has 86 valence electrons. The van der Waals surface area contributed by atoms with Crippen LogP contribution < -0.4 is 0 Å². The molecule has 1 spiro atoms. The van der Waals surface area contributed by atoms with Crippen molar-refractivity contribution >= 4 is 5.97 Å². The molecule has 0 N–H and O–H groups in total. The third-order valence-electron chi connectivity index (χ3n) is 4.20. The summed E-state index contributed by atoms with van der Waals surface area (Å²) in [5.74, 6) is 1.21. The van der Waals surface area contributed by atoms with Crippen LogP contribution >= 0.6 is 0 Å². The van der Waals surface area contributed by atoms with E-state index in [1.807, 2.05) is 6.92 Å². The molecule has 1 saturated heterocycles. The van der Waals surface area contributed by atoms with Gasteiger partial charge < -0.3 is 9.47 Å². The molecule has 0 aromatic heterocycles. The van der Waals surface area contributed by atoms with Crippen molar-refractivity contribution in [3.8, 4) is 0 Å². The number of rotatable bonds is 3. The van der Waals surface area contributed by atoms with E-state index in [1.165, 1.54) is 7.11 Å². The largest absolute Gasteiger partial charge is 0.467 e. The molecule has 1 aliphatic carbocycles. The van der Waals surface area contributed by atoms with E-state index in [0.717, 1.165) is 19.3 Å². The van der Waals surface area contributed by atoms with Crippen LogP contribution in [0, 0.1) is 11.8 Å². The lowest BCUT2D eigenvalue weighted by Gasteiger charge is -2.37. The van der Waals surface area contributed by atoms with Gasteiger partial charge in [-0.2, -0.15) is 0 Å². The third kappa shape index (κ3) is 1.25. The highest BCUT2D eigenvalue weighted by atomic mass is 16.7. The standard InChI is InChI=1S/C12H20O3/c1-5-12(10(13)14-4)11(15-12)6-9(7-11)8(2)3/h8-9H,5-7H2,1-4H3. The van der Waals surface area contributed by atoms with Crippen LogP contribution in [0.1, 0.15) is 40.0 Å². The van der Waals surface area contributed by atoms with Crippen LogP contribution in [-0.2, 0) is 14.3 Å². The van der Waals surface area contributed by atoms with Crippen molar-refractivity contribution in [1.29, 1.82) is 0 Å². The van der Waals surface area contributed by atoms with Gasteiger partial charge >= 0.3 is 5.97 Å². The minimum absolute atomic E-state index is 0.163. The fraction of sp³-hybridized carbons (Fsp3) is 0.917. The predicted octanol–water partition coefficient (Wildman–Crippen LogP) is 2.14. The molecule has 0 radical (unpaired) electrons. The first-order valence-electron chi connectivity index (χ1n) is 5.80.